The van der Waals surface area contributed by atoms with Crippen LogP contribution in [0.3, 0.4) is 0 Å². The molecule has 0 unspecified atom stereocenters. The predicted octanol–water partition coefficient (Wildman–Crippen LogP) is 5.44. The molecule has 0 saturated heterocycles. The van der Waals surface area contributed by atoms with Gasteiger partial charge >= 0.3 is 0 Å². The second kappa shape index (κ2) is 10.2. The zero-order valence-corrected chi connectivity index (χ0v) is 20.8. The molecule has 0 aliphatic rings. The molecule has 180 valence electrons. The summed E-state index contributed by atoms with van der Waals surface area (Å²) in [5.41, 5.74) is 2.17. The monoisotopic (exact) mass is 510 g/mol. The molecule has 0 atom stereocenters. The maximum Gasteiger partial charge on any atom is 0.265 e. The van der Waals surface area contributed by atoms with Crippen molar-refractivity contribution in [1.82, 2.24) is 15.0 Å². The summed E-state index contributed by atoms with van der Waals surface area (Å²) < 4.78 is 33.4. The quantitative estimate of drug-likeness (QED) is 0.287. The van der Waals surface area contributed by atoms with Crippen LogP contribution in [0.5, 0.6) is 5.75 Å². The average molecular weight is 511 g/mol. The predicted molar refractivity (Wildman–Crippen MR) is 138 cm³/mol. The summed E-state index contributed by atoms with van der Waals surface area (Å²) in [7, 11) is -2.51. The zero-order chi connectivity index (χ0) is 25.0. The molecule has 9 nitrogen and oxygen atoms in total. The third-order valence-corrected chi connectivity index (χ3v) is 6.47. The molecule has 11 heteroatoms. The number of rotatable bonds is 8. The first kappa shape index (κ1) is 24.2. The summed E-state index contributed by atoms with van der Waals surface area (Å²) in [6, 6.07) is 16.8. The number of nitrogens with one attached hydrogen (secondary N) is 3. The molecule has 3 N–H and O–H groups in total. The maximum atomic E-state index is 12.9. The van der Waals surface area contributed by atoms with E-state index in [2.05, 4.69) is 30.3 Å². The van der Waals surface area contributed by atoms with E-state index in [1.807, 2.05) is 19.1 Å². The molecule has 2 aromatic carbocycles. The highest BCUT2D eigenvalue weighted by atomic mass is 35.5. The normalized spacial score (nSPS) is 11.1. The van der Waals surface area contributed by atoms with Crippen molar-refractivity contribution >= 4 is 50.5 Å². The van der Waals surface area contributed by atoms with Gasteiger partial charge in [0.25, 0.3) is 10.0 Å². The minimum Gasteiger partial charge on any atom is -0.495 e. The highest BCUT2D eigenvalue weighted by Crippen LogP contribution is 2.29. The molecule has 35 heavy (non-hydrogen) atoms. The van der Waals surface area contributed by atoms with E-state index in [1.165, 1.54) is 19.2 Å². The van der Waals surface area contributed by atoms with E-state index >= 15 is 0 Å². The highest BCUT2D eigenvalue weighted by Gasteiger charge is 2.20. The third kappa shape index (κ3) is 6.17. The van der Waals surface area contributed by atoms with Gasteiger partial charge in [0.15, 0.2) is 0 Å². The van der Waals surface area contributed by atoms with E-state index in [0.717, 1.165) is 5.56 Å². The average Bonchev–Trinajstić information content (AvgIpc) is 2.80. The molecule has 0 bridgehead atoms. The van der Waals surface area contributed by atoms with Crippen molar-refractivity contribution in [2.45, 2.75) is 18.7 Å². The molecule has 0 radical (unpaired) electrons. The lowest BCUT2D eigenvalue weighted by atomic mass is 10.3. The van der Waals surface area contributed by atoms with Crippen molar-refractivity contribution in [2.75, 3.05) is 22.5 Å². The molecule has 0 amide bonds. The zero-order valence-electron chi connectivity index (χ0n) is 19.2. The first-order valence-corrected chi connectivity index (χ1v) is 12.4. The molecule has 2 aromatic heterocycles. The van der Waals surface area contributed by atoms with Crippen LogP contribution in [0, 0.1) is 13.8 Å². The molecule has 0 aliphatic heterocycles. The highest BCUT2D eigenvalue weighted by molar-refractivity contribution is 7.92. The fourth-order valence-corrected chi connectivity index (χ4v) is 4.76. The number of methoxy groups -OCH3 is 1. The number of aromatic nitrogens is 3. The molecule has 0 saturated carbocycles. The van der Waals surface area contributed by atoms with Crippen molar-refractivity contribution in [3.63, 3.8) is 0 Å². The van der Waals surface area contributed by atoms with Gasteiger partial charge in [-0.2, -0.15) is 0 Å². The van der Waals surface area contributed by atoms with Crippen molar-refractivity contribution in [3.8, 4) is 5.75 Å². The van der Waals surface area contributed by atoms with E-state index in [1.54, 1.807) is 49.5 Å². The molecular weight excluding hydrogens is 488 g/mol. The Hall–Kier alpha value is -3.89. The number of benzene rings is 2. The molecule has 0 aliphatic carbocycles. The lowest BCUT2D eigenvalue weighted by Crippen LogP contribution is -2.14. The number of ether oxygens (including phenoxy) is 1. The summed E-state index contributed by atoms with van der Waals surface area (Å²) in [4.78, 5) is 13.1. The number of hydrogen-bond acceptors (Lipinski definition) is 8. The van der Waals surface area contributed by atoms with Crippen molar-refractivity contribution in [1.29, 1.82) is 0 Å². The van der Waals surface area contributed by atoms with Gasteiger partial charge in [-0.1, -0.05) is 11.6 Å². The van der Waals surface area contributed by atoms with Crippen LogP contribution in [-0.4, -0.2) is 30.5 Å². The molecule has 2 heterocycles. The number of halogens is 1. The van der Waals surface area contributed by atoms with Crippen LogP contribution >= 0.6 is 11.6 Å². The molecular formula is C24H23ClN6O3S. The Bertz CT molecular complexity index is 1460. The van der Waals surface area contributed by atoms with Crippen LogP contribution in [0.1, 0.15) is 11.4 Å². The Labute approximate surface area is 208 Å². The fraction of sp³-hybridized carbons (Fsp3) is 0.125. The molecule has 0 spiro atoms. The van der Waals surface area contributed by atoms with Crippen LogP contribution in [0.4, 0.5) is 28.8 Å². The second-order valence-corrected chi connectivity index (χ2v) is 9.72. The topological polar surface area (TPSA) is 118 Å². The number of aryl methyl sites for hydroxylation is 2. The molecule has 4 rings (SSSR count). The summed E-state index contributed by atoms with van der Waals surface area (Å²) in [5.74, 6) is 2.62. The Morgan fingerprint density at radius 2 is 1.51 bits per heavy atom. The van der Waals surface area contributed by atoms with Gasteiger partial charge in [-0.15, -0.1) is 0 Å². The number of sulfonamides is 1. The van der Waals surface area contributed by atoms with Gasteiger partial charge in [0.05, 0.1) is 7.11 Å². The van der Waals surface area contributed by atoms with Gasteiger partial charge in [-0.3, -0.25) is 4.72 Å². The lowest BCUT2D eigenvalue weighted by molar-refractivity contribution is 0.403. The maximum absolute atomic E-state index is 12.9. The Morgan fingerprint density at radius 3 is 2.20 bits per heavy atom. The largest absolute Gasteiger partial charge is 0.495 e. The Morgan fingerprint density at radius 1 is 0.829 bits per heavy atom. The van der Waals surface area contributed by atoms with Gasteiger partial charge in [0.2, 0.25) is 0 Å². The Balaban J connectivity index is 1.49. The minimum absolute atomic E-state index is 0.0470. The second-order valence-electron chi connectivity index (χ2n) is 7.63. The van der Waals surface area contributed by atoms with Gasteiger partial charge in [0, 0.05) is 28.7 Å². The van der Waals surface area contributed by atoms with Crippen molar-refractivity contribution in [3.05, 3.63) is 83.3 Å². The van der Waals surface area contributed by atoms with Crippen LogP contribution < -0.4 is 20.1 Å². The number of anilines is 5. The van der Waals surface area contributed by atoms with Crippen LogP contribution in [-0.2, 0) is 10.0 Å². The lowest BCUT2D eigenvalue weighted by Gasteiger charge is -2.13. The standard InChI is InChI=1S/C24H23ClN6O3S/c1-15-10-11-26-22(12-15)30-24-14-23(27-16(2)28-24)29-18-5-7-19(8-6-18)31-35(32,33)21-13-17(25)4-9-20(21)34-3/h4-14,31H,1-3H3,(H2,26,27,28,29,30). The number of pyridine rings is 1. The van der Waals surface area contributed by atoms with Gasteiger partial charge in [-0.05, 0) is 74.0 Å². The van der Waals surface area contributed by atoms with Crippen molar-refractivity contribution < 1.29 is 13.2 Å². The first-order chi connectivity index (χ1) is 16.7. The molecule has 4 aromatic rings. The van der Waals surface area contributed by atoms with Gasteiger partial charge in [-0.25, -0.2) is 23.4 Å². The van der Waals surface area contributed by atoms with E-state index in [9.17, 15) is 8.42 Å². The summed E-state index contributed by atoms with van der Waals surface area (Å²) in [6.07, 6.45) is 1.73. The third-order valence-electron chi connectivity index (χ3n) is 4.83. The Kier molecular flexibility index (Phi) is 7.04. The first-order valence-electron chi connectivity index (χ1n) is 10.5. The molecule has 0 fully saturated rings. The van der Waals surface area contributed by atoms with E-state index in [0.29, 0.717) is 34.7 Å². The van der Waals surface area contributed by atoms with Crippen LogP contribution in [0.15, 0.2) is 71.8 Å². The smallest absolute Gasteiger partial charge is 0.265 e. The van der Waals surface area contributed by atoms with E-state index in [-0.39, 0.29) is 15.7 Å². The van der Waals surface area contributed by atoms with E-state index < -0.39 is 10.0 Å². The summed E-state index contributed by atoms with van der Waals surface area (Å²) in [5, 5.41) is 6.67. The van der Waals surface area contributed by atoms with Crippen LogP contribution in [0.25, 0.3) is 0 Å². The van der Waals surface area contributed by atoms with Crippen LogP contribution in [0.2, 0.25) is 5.02 Å². The van der Waals surface area contributed by atoms with Crippen molar-refractivity contribution in [2.24, 2.45) is 0 Å². The van der Waals surface area contributed by atoms with Gasteiger partial charge in [0.1, 0.15) is 33.9 Å². The van der Waals surface area contributed by atoms with E-state index in [4.69, 9.17) is 16.3 Å². The number of hydrogen-bond donors (Lipinski definition) is 3. The minimum atomic E-state index is -3.91. The summed E-state index contributed by atoms with van der Waals surface area (Å²) >= 11 is 5.98. The van der Waals surface area contributed by atoms with Gasteiger partial charge < -0.3 is 15.4 Å². The summed E-state index contributed by atoms with van der Waals surface area (Å²) in [6.45, 7) is 3.78. The SMILES string of the molecule is COc1ccc(Cl)cc1S(=O)(=O)Nc1ccc(Nc2cc(Nc3cc(C)ccn3)nc(C)n2)cc1. The number of nitrogens with zero attached hydrogens (tertiary/aromatic N) is 3. The fourth-order valence-electron chi connectivity index (χ4n) is 3.27.